The number of anilines is 2. The van der Waals surface area contributed by atoms with Crippen LogP contribution in [0.2, 0.25) is 0 Å². The Bertz CT molecular complexity index is 535. The van der Waals surface area contributed by atoms with Gasteiger partial charge in [-0.1, -0.05) is 0 Å². The first-order valence-electron chi connectivity index (χ1n) is 5.21. The highest BCUT2D eigenvalue weighted by molar-refractivity contribution is 9.10. The van der Waals surface area contributed by atoms with Crippen LogP contribution in [0, 0.1) is 19.7 Å². The van der Waals surface area contributed by atoms with Crippen LogP contribution in [0.15, 0.2) is 34.9 Å². The van der Waals surface area contributed by atoms with E-state index in [4.69, 9.17) is 0 Å². The summed E-state index contributed by atoms with van der Waals surface area (Å²) < 4.78 is 14.1. The van der Waals surface area contributed by atoms with Gasteiger partial charge >= 0.3 is 0 Å². The number of nitrogens with zero attached hydrogens (tertiary/aromatic N) is 1. The molecule has 0 fully saturated rings. The third-order valence-corrected chi connectivity index (χ3v) is 2.89. The Morgan fingerprint density at radius 1 is 1.12 bits per heavy atom. The fourth-order valence-electron chi connectivity index (χ4n) is 1.57. The molecule has 2 rings (SSSR count). The molecular weight excluding hydrogens is 283 g/mol. The van der Waals surface area contributed by atoms with Crippen LogP contribution in [0.25, 0.3) is 0 Å². The van der Waals surface area contributed by atoms with Gasteiger partial charge in [-0.05, 0) is 65.2 Å². The second kappa shape index (κ2) is 4.84. The Morgan fingerprint density at radius 3 is 2.53 bits per heavy atom. The molecule has 1 aromatic heterocycles. The maximum atomic E-state index is 13.2. The molecule has 1 aromatic carbocycles. The number of hydrogen-bond acceptors (Lipinski definition) is 2. The molecule has 0 atom stereocenters. The van der Waals surface area contributed by atoms with E-state index in [9.17, 15) is 4.39 Å². The third kappa shape index (κ3) is 3.03. The van der Waals surface area contributed by atoms with Gasteiger partial charge in [0.15, 0.2) is 0 Å². The number of rotatable bonds is 2. The lowest BCUT2D eigenvalue weighted by atomic mass is 10.2. The van der Waals surface area contributed by atoms with Gasteiger partial charge in [0.05, 0.1) is 4.47 Å². The summed E-state index contributed by atoms with van der Waals surface area (Å²) >= 11 is 3.42. The highest BCUT2D eigenvalue weighted by Gasteiger charge is 2.03. The van der Waals surface area contributed by atoms with Crippen LogP contribution < -0.4 is 5.32 Å². The van der Waals surface area contributed by atoms with Gasteiger partial charge in [-0.25, -0.2) is 9.37 Å². The Labute approximate surface area is 108 Å². The van der Waals surface area contributed by atoms with Crippen LogP contribution in [-0.4, -0.2) is 4.98 Å². The summed E-state index contributed by atoms with van der Waals surface area (Å²) in [4.78, 5) is 4.25. The lowest BCUT2D eigenvalue weighted by molar-refractivity contribution is 0.627. The number of aryl methyl sites for hydroxylation is 2. The highest BCUT2D eigenvalue weighted by atomic mass is 79.9. The van der Waals surface area contributed by atoms with E-state index in [0.717, 1.165) is 15.6 Å². The molecule has 0 saturated heterocycles. The predicted octanol–water partition coefficient (Wildman–Crippen LogP) is 4.34. The van der Waals surface area contributed by atoms with Crippen LogP contribution >= 0.6 is 15.9 Å². The van der Waals surface area contributed by atoms with Crippen LogP contribution in [0.1, 0.15) is 11.1 Å². The van der Waals surface area contributed by atoms with E-state index in [1.165, 1.54) is 12.1 Å². The number of pyridine rings is 1. The van der Waals surface area contributed by atoms with Gasteiger partial charge in [0.1, 0.15) is 11.6 Å². The molecule has 0 amide bonds. The molecule has 0 aliphatic rings. The predicted molar refractivity (Wildman–Crippen MR) is 71.1 cm³/mol. The van der Waals surface area contributed by atoms with Gasteiger partial charge in [0.2, 0.25) is 0 Å². The van der Waals surface area contributed by atoms with Crippen LogP contribution in [0.5, 0.6) is 0 Å². The molecule has 0 aliphatic carbocycles. The van der Waals surface area contributed by atoms with Crippen molar-refractivity contribution in [3.63, 3.8) is 0 Å². The van der Waals surface area contributed by atoms with E-state index >= 15 is 0 Å². The molecule has 1 N–H and O–H groups in total. The number of halogens is 2. The van der Waals surface area contributed by atoms with Crippen molar-refractivity contribution in [1.82, 2.24) is 4.98 Å². The van der Waals surface area contributed by atoms with Crippen LogP contribution in [0.4, 0.5) is 15.9 Å². The van der Waals surface area contributed by atoms with Gasteiger partial charge < -0.3 is 5.32 Å². The zero-order valence-electron chi connectivity index (χ0n) is 9.59. The quantitative estimate of drug-likeness (QED) is 0.891. The summed E-state index contributed by atoms with van der Waals surface area (Å²) in [5.41, 5.74) is 2.63. The summed E-state index contributed by atoms with van der Waals surface area (Å²) in [7, 11) is 0. The standard InChI is InChI=1S/C13H12BrFN2/c1-8-3-10(15)6-11(4-8)17-13-12(14)5-9(2)7-16-13/h3-7H,1-2H3,(H,16,17). The lowest BCUT2D eigenvalue weighted by Crippen LogP contribution is -1.96. The zero-order chi connectivity index (χ0) is 12.4. The van der Waals surface area contributed by atoms with Gasteiger partial charge in [-0.2, -0.15) is 0 Å². The SMILES string of the molecule is Cc1cc(F)cc(Nc2ncc(C)cc2Br)c1. The molecule has 0 spiro atoms. The molecule has 2 nitrogen and oxygen atoms in total. The van der Waals surface area contributed by atoms with Crippen molar-refractivity contribution in [1.29, 1.82) is 0 Å². The molecule has 2 aromatic rings. The molecule has 4 heteroatoms. The Hall–Kier alpha value is -1.42. The Balaban J connectivity index is 2.31. The maximum Gasteiger partial charge on any atom is 0.144 e. The fourth-order valence-corrected chi connectivity index (χ4v) is 2.13. The largest absolute Gasteiger partial charge is 0.339 e. The molecule has 17 heavy (non-hydrogen) atoms. The van der Waals surface area contributed by atoms with E-state index in [1.807, 2.05) is 26.0 Å². The van der Waals surface area contributed by atoms with Gasteiger partial charge in [0, 0.05) is 11.9 Å². The van der Waals surface area contributed by atoms with Gasteiger partial charge in [0.25, 0.3) is 0 Å². The molecule has 1 heterocycles. The van der Waals surface area contributed by atoms with Crippen molar-refractivity contribution in [3.8, 4) is 0 Å². The number of benzene rings is 1. The van der Waals surface area contributed by atoms with Crippen molar-refractivity contribution in [2.75, 3.05) is 5.32 Å². The van der Waals surface area contributed by atoms with E-state index in [-0.39, 0.29) is 5.82 Å². The van der Waals surface area contributed by atoms with Crippen LogP contribution in [0.3, 0.4) is 0 Å². The number of hydrogen-bond donors (Lipinski definition) is 1. The summed E-state index contributed by atoms with van der Waals surface area (Å²) in [6, 6.07) is 6.77. The monoisotopic (exact) mass is 294 g/mol. The first-order valence-corrected chi connectivity index (χ1v) is 6.00. The fraction of sp³-hybridized carbons (Fsp3) is 0.154. The average Bonchev–Trinajstić information content (AvgIpc) is 2.21. The first-order chi connectivity index (χ1) is 8.04. The molecule has 0 aliphatic heterocycles. The number of aromatic nitrogens is 1. The van der Waals surface area contributed by atoms with Gasteiger partial charge in [-0.3, -0.25) is 0 Å². The highest BCUT2D eigenvalue weighted by Crippen LogP contribution is 2.25. The van der Waals surface area contributed by atoms with E-state index in [0.29, 0.717) is 11.5 Å². The first kappa shape index (κ1) is 12.0. The molecule has 0 bridgehead atoms. The maximum absolute atomic E-state index is 13.2. The summed E-state index contributed by atoms with van der Waals surface area (Å²) in [6.07, 6.45) is 1.76. The zero-order valence-corrected chi connectivity index (χ0v) is 11.2. The van der Waals surface area contributed by atoms with E-state index < -0.39 is 0 Å². The smallest absolute Gasteiger partial charge is 0.144 e. The number of nitrogens with one attached hydrogen (secondary N) is 1. The minimum absolute atomic E-state index is 0.254. The second-order valence-corrected chi connectivity index (χ2v) is 4.84. The van der Waals surface area contributed by atoms with Crippen molar-refractivity contribution < 1.29 is 4.39 Å². The second-order valence-electron chi connectivity index (χ2n) is 3.99. The minimum Gasteiger partial charge on any atom is -0.339 e. The molecule has 0 saturated carbocycles. The molecule has 0 radical (unpaired) electrons. The molecular formula is C13H12BrFN2. The van der Waals surface area contributed by atoms with E-state index in [2.05, 4.69) is 26.2 Å². The van der Waals surface area contributed by atoms with Crippen molar-refractivity contribution in [2.45, 2.75) is 13.8 Å². The molecule has 88 valence electrons. The third-order valence-electron chi connectivity index (χ3n) is 2.28. The van der Waals surface area contributed by atoms with Gasteiger partial charge in [-0.15, -0.1) is 0 Å². The van der Waals surface area contributed by atoms with Crippen LogP contribution in [-0.2, 0) is 0 Å². The van der Waals surface area contributed by atoms with Crippen molar-refractivity contribution >= 4 is 27.4 Å². The summed E-state index contributed by atoms with van der Waals surface area (Å²) in [5.74, 6) is 0.427. The normalized spacial score (nSPS) is 10.4. The van der Waals surface area contributed by atoms with E-state index in [1.54, 1.807) is 6.20 Å². The topological polar surface area (TPSA) is 24.9 Å². The summed E-state index contributed by atoms with van der Waals surface area (Å²) in [5, 5.41) is 3.08. The minimum atomic E-state index is -0.254. The Morgan fingerprint density at radius 2 is 1.88 bits per heavy atom. The average molecular weight is 295 g/mol. The lowest BCUT2D eigenvalue weighted by Gasteiger charge is -2.09. The molecule has 0 unspecified atom stereocenters. The van der Waals surface area contributed by atoms with Crippen molar-refractivity contribution in [2.24, 2.45) is 0 Å². The summed E-state index contributed by atoms with van der Waals surface area (Å²) in [6.45, 7) is 3.82. The van der Waals surface area contributed by atoms with Crippen molar-refractivity contribution in [3.05, 3.63) is 51.9 Å². The Kier molecular flexibility index (Phi) is 3.43.